The zero-order chi connectivity index (χ0) is 11.0. The summed E-state index contributed by atoms with van der Waals surface area (Å²) in [6.45, 7) is 0. The van der Waals surface area contributed by atoms with Gasteiger partial charge in [-0.15, -0.1) is 0 Å². The van der Waals surface area contributed by atoms with Crippen LogP contribution < -0.4 is 0 Å². The van der Waals surface area contributed by atoms with Gasteiger partial charge in [0.05, 0.1) is 0 Å². The van der Waals surface area contributed by atoms with E-state index in [-0.39, 0.29) is 9.41 Å². The van der Waals surface area contributed by atoms with E-state index in [4.69, 9.17) is 0 Å². The van der Waals surface area contributed by atoms with Crippen LogP contribution in [-0.2, 0) is 24.4 Å². The van der Waals surface area contributed by atoms with Gasteiger partial charge in [-0.25, -0.2) is 0 Å². The molecule has 0 bridgehead atoms. The molecule has 0 nitrogen and oxygen atoms in total. The molecular weight excluding hydrogens is 397 g/mol. The number of hydrogen-bond acceptors (Lipinski definition) is 0. The van der Waals surface area contributed by atoms with Gasteiger partial charge in [-0.2, -0.15) is 0 Å². The van der Waals surface area contributed by atoms with Gasteiger partial charge in [0.25, 0.3) is 0 Å². The molecular formula is C15H13F2Hf. The quantitative estimate of drug-likeness (QED) is 0.617. The Morgan fingerprint density at radius 3 is 2.28 bits per heavy atom. The summed E-state index contributed by atoms with van der Waals surface area (Å²) in [5, 5.41) is 0. The van der Waals surface area contributed by atoms with Crippen LogP contribution in [0.2, 0.25) is 0 Å². The predicted molar refractivity (Wildman–Crippen MR) is 68.7 cm³/mol. The molecule has 1 atom stereocenters. The molecule has 2 aromatic carbocycles. The minimum atomic E-state index is 0. The van der Waals surface area contributed by atoms with Gasteiger partial charge in [0, 0.05) is 0 Å². The van der Waals surface area contributed by atoms with Crippen molar-refractivity contribution in [3.8, 4) is 11.1 Å². The van der Waals surface area contributed by atoms with E-state index in [1.807, 2.05) is 0 Å². The molecule has 18 heavy (non-hydrogen) atoms. The molecule has 0 spiro atoms. The summed E-state index contributed by atoms with van der Waals surface area (Å²) in [6.07, 6.45) is 4.62. The van der Waals surface area contributed by atoms with Gasteiger partial charge in [0.1, 0.15) is 0 Å². The Labute approximate surface area is 120 Å². The molecule has 0 saturated heterocycles. The van der Waals surface area contributed by atoms with E-state index < -0.39 is 0 Å². The molecule has 2 aromatic rings. The van der Waals surface area contributed by atoms with Crippen molar-refractivity contribution in [1.82, 2.24) is 0 Å². The van der Waals surface area contributed by atoms with E-state index in [2.05, 4.69) is 60.7 Å². The second kappa shape index (κ2) is 6.19. The summed E-state index contributed by atoms with van der Waals surface area (Å²) >= 11 is 1.20. The molecule has 91 valence electrons. The topological polar surface area (TPSA) is 0 Å². The third kappa shape index (κ3) is 2.51. The fourth-order valence-electron chi connectivity index (χ4n) is 2.21. The summed E-state index contributed by atoms with van der Waals surface area (Å²) in [5.41, 5.74) is 5.62. The third-order valence-electron chi connectivity index (χ3n) is 3.02. The normalized spacial score (nSPS) is 15.4. The average molecular weight is 410 g/mol. The van der Waals surface area contributed by atoms with Gasteiger partial charge in [-0.3, -0.25) is 9.41 Å². The molecule has 3 rings (SSSR count). The zero-order valence-corrected chi connectivity index (χ0v) is 13.3. The zero-order valence-electron chi connectivity index (χ0n) is 9.67. The number of fused-ring (bicyclic) bond motifs is 1. The molecule has 0 aromatic heterocycles. The number of halogens is 2. The Bertz CT molecular complexity index is 550. The fourth-order valence-corrected chi connectivity index (χ4v) is 3.46. The fraction of sp³-hybridized carbons (Fsp3) is 0.0667. The van der Waals surface area contributed by atoms with Gasteiger partial charge in [-0.1, -0.05) is 0 Å². The Kier molecular flexibility index (Phi) is 5.15. The molecule has 1 aliphatic carbocycles. The van der Waals surface area contributed by atoms with E-state index >= 15 is 0 Å². The molecule has 3 heteroatoms. The van der Waals surface area contributed by atoms with E-state index in [1.165, 1.54) is 46.6 Å². The van der Waals surface area contributed by atoms with Crippen LogP contribution in [0.15, 0.2) is 54.6 Å². The molecule has 1 aliphatic rings. The van der Waals surface area contributed by atoms with Crippen LogP contribution in [0.5, 0.6) is 0 Å². The number of hydrogen-bond donors (Lipinski definition) is 0. The Morgan fingerprint density at radius 1 is 0.833 bits per heavy atom. The van der Waals surface area contributed by atoms with Crippen LogP contribution in [0.4, 0.5) is 9.41 Å². The van der Waals surface area contributed by atoms with Gasteiger partial charge in [0.15, 0.2) is 0 Å². The monoisotopic (exact) mass is 411 g/mol. The van der Waals surface area contributed by atoms with E-state index in [0.717, 1.165) is 0 Å². The first-order valence-corrected chi connectivity index (χ1v) is 7.51. The van der Waals surface area contributed by atoms with Crippen LogP contribution in [0, 0.1) is 0 Å². The SMILES string of the molecule is F.F.[Hf][CH]1C=Cc2c(-c3ccccc3)cccc21. The van der Waals surface area contributed by atoms with Crippen molar-refractivity contribution in [2.75, 3.05) is 0 Å². The van der Waals surface area contributed by atoms with Crippen molar-refractivity contribution in [1.29, 1.82) is 0 Å². The molecule has 0 heterocycles. The molecule has 1 unspecified atom stereocenters. The Morgan fingerprint density at radius 2 is 1.56 bits per heavy atom. The van der Waals surface area contributed by atoms with Gasteiger partial charge in [-0.05, 0) is 0 Å². The molecule has 0 fully saturated rings. The first-order chi connectivity index (χ1) is 7.86. The summed E-state index contributed by atoms with van der Waals surface area (Å²) in [4.78, 5) is 0. The second-order valence-electron chi connectivity index (χ2n) is 4.01. The summed E-state index contributed by atoms with van der Waals surface area (Å²) < 4.78 is 0.693. The van der Waals surface area contributed by atoms with Crippen molar-refractivity contribution in [2.24, 2.45) is 0 Å². The molecule has 0 aliphatic heterocycles. The third-order valence-corrected chi connectivity index (χ3v) is 4.82. The van der Waals surface area contributed by atoms with Crippen molar-refractivity contribution < 1.29 is 33.8 Å². The van der Waals surface area contributed by atoms with Crippen LogP contribution in [0.3, 0.4) is 0 Å². The standard InChI is InChI=1S/C15H11.2FH.Hf/c1-2-6-12(7-3-1)14-10-4-8-13-9-5-11-15(13)14;;;/h1-11H;2*1H;. The molecule has 0 amide bonds. The average Bonchev–Trinajstić information content (AvgIpc) is 2.73. The van der Waals surface area contributed by atoms with Crippen LogP contribution >= 0.6 is 0 Å². The maximum absolute atomic E-state index is 2.34. The van der Waals surface area contributed by atoms with Crippen molar-refractivity contribution in [3.05, 3.63) is 65.7 Å². The van der Waals surface area contributed by atoms with Crippen molar-refractivity contribution in [3.63, 3.8) is 0 Å². The summed E-state index contributed by atoms with van der Waals surface area (Å²) in [7, 11) is 0. The van der Waals surface area contributed by atoms with Gasteiger partial charge in [0.2, 0.25) is 0 Å². The molecule has 0 radical (unpaired) electrons. The molecule has 0 saturated carbocycles. The Balaban J connectivity index is 0.000000810. The van der Waals surface area contributed by atoms with Crippen molar-refractivity contribution in [2.45, 2.75) is 3.67 Å². The first-order valence-electron chi connectivity index (χ1n) is 5.44. The van der Waals surface area contributed by atoms with Crippen LogP contribution in [0.1, 0.15) is 14.8 Å². The Hall–Kier alpha value is -1.09. The van der Waals surface area contributed by atoms with E-state index in [0.29, 0.717) is 3.67 Å². The van der Waals surface area contributed by atoms with Gasteiger partial charge < -0.3 is 0 Å². The second-order valence-corrected chi connectivity index (χ2v) is 6.25. The maximum atomic E-state index is 2.34. The van der Waals surface area contributed by atoms with E-state index in [9.17, 15) is 0 Å². The van der Waals surface area contributed by atoms with Crippen LogP contribution in [-0.4, -0.2) is 0 Å². The van der Waals surface area contributed by atoms with Crippen LogP contribution in [0.25, 0.3) is 17.2 Å². The van der Waals surface area contributed by atoms with Gasteiger partial charge >= 0.3 is 111 Å². The predicted octanol–water partition coefficient (Wildman–Crippen LogP) is 4.27. The minimum absolute atomic E-state index is 0. The van der Waals surface area contributed by atoms with E-state index in [1.54, 1.807) is 0 Å². The number of benzene rings is 2. The first kappa shape index (κ1) is 15.0. The van der Waals surface area contributed by atoms with Crippen molar-refractivity contribution >= 4 is 6.08 Å². The molecule has 0 N–H and O–H groups in total. The summed E-state index contributed by atoms with van der Waals surface area (Å²) in [6, 6.07) is 17.3. The summed E-state index contributed by atoms with van der Waals surface area (Å²) in [5.74, 6) is 0. The number of allylic oxidation sites excluding steroid dienone is 1. The number of rotatable bonds is 1.